The van der Waals surface area contributed by atoms with Gasteiger partial charge in [-0.1, -0.05) is 45.0 Å². The monoisotopic (exact) mass is 260 g/mol. The van der Waals surface area contributed by atoms with E-state index >= 15 is 0 Å². The Morgan fingerprint density at radius 3 is 2.58 bits per heavy atom. The Morgan fingerprint density at radius 2 is 1.95 bits per heavy atom. The Kier molecular flexibility index (Phi) is 3.95. The predicted octanol–water partition coefficient (Wildman–Crippen LogP) is 2.21. The summed E-state index contributed by atoms with van der Waals surface area (Å²) >= 11 is 0. The van der Waals surface area contributed by atoms with E-state index in [1.807, 2.05) is 24.1 Å². The second-order valence-electron chi connectivity index (χ2n) is 6.66. The summed E-state index contributed by atoms with van der Waals surface area (Å²) in [5.74, 6) is 0.199. The highest BCUT2D eigenvalue weighted by molar-refractivity contribution is 5.82. The van der Waals surface area contributed by atoms with Crippen molar-refractivity contribution in [3.8, 4) is 0 Å². The van der Waals surface area contributed by atoms with Gasteiger partial charge in [-0.05, 0) is 23.0 Å². The number of carbonyl (C=O) groups excluding carboxylic acids is 1. The number of nitrogens with zero attached hydrogens (tertiary/aromatic N) is 1. The minimum absolute atomic E-state index is 0.0813. The van der Waals surface area contributed by atoms with E-state index in [4.69, 9.17) is 0 Å². The normalized spacial score (nSPS) is 18.8. The fraction of sp³-hybridized carbons (Fsp3) is 0.562. The molecule has 1 aromatic rings. The molecular formula is C16H24N2O. The maximum atomic E-state index is 12.4. The molecule has 0 saturated carbocycles. The van der Waals surface area contributed by atoms with Crippen molar-refractivity contribution in [2.24, 2.45) is 5.41 Å². The van der Waals surface area contributed by atoms with E-state index in [-0.39, 0.29) is 17.4 Å². The van der Waals surface area contributed by atoms with E-state index in [9.17, 15) is 4.79 Å². The minimum atomic E-state index is -0.0813. The van der Waals surface area contributed by atoms with Gasteiger partial charge < -0.3 is 10.2 Å². The van der Waals surface area contributed by atoms with E-state index in [1.54, 1.807) is 0 Å². The molecule has 1 atom stereocenters. The molecular weight excluding hydrogens is 236 g/mol. The van der Waals surface area contributed by atoms with Crippen LogP contribution in [0.15, 0.2) is 24.3 Å². The summed E-state index contributed by atoms with van der Waals surface area (Å²) in [4.78, 5) is 14.3. The first-order chi connectivity index (χ1) is 8.87. The Labute approximate surface area is 116 Å². The molecule has 104 valence electrons. The molecule has 0 aromatic heterocycles. The highest BCUT2D eigenvalue weighted by Crippen LogP contribution is 2.19. The summed E-state index contributed by atoms with van der Waals surface area (Å²) in [6.07, 6.45) is 0.795. The molecule has 1 aliphatic rings. The summed E-state index contributed by atoms with van der Waals surface area (Å²) in [6, 6.07) is 8.27. The van der Waals surface area contributed by atoms with Gasteiger partial charge in [0, 0.05) is 20.1 Å². The van der Waals surface area contributed by atoms with Gasteiger partial charge in [-0.25, -0.2) is 0 Å². The lowest BCUT2D eigenvalue weighted by Crippen LogP contribution is -2.49. The van der Waals surface area contributed by atoms with E-state index in [0.29, 0.717) is 0 Å². The van der Waals surface area contributed by atoms with Crippen LogP contribution in [-0.2, 0) is 17.8 Å². The van der Waals surface area contributed by atoms with Gasteiger partial charge >= 0.3 is 0 Å². The lowest BCUT2D eigenvalue weighted by Gasteiger charge is -2.32. The molecule has 0 radical (unpaired) electrons. The lowest BCUT2D eigenvalue weighted by atomic mass is 9.93. The van der Waals surface area contributed by atoms with Crippen LogP contribution in [0.2, 0.25) is 0 Å². The maximum absolute atomic E-state index is 12.4. The molecule has 2 rings (SSSR count). The Balaban J connectivity index is 2.03. The Hall–Kier alpha value is -1.35. The fourth-order valence-electron chi connectivity index (χ4n) is 2.68. The highest BCUT2D eigenvalue weighted by atomic mass is 16.2. The van der Waals surface area contributed by atoms with E-state index in [2.05, 4.69) is 38.2 Å². The van der Waals surface area contributed by atoms with Crippen LogP contribution < -0.4 is 5.32 Å². The highest BCUT2D eigenvalue weighted by Gasteiger charge is 2.27. The van der Waals surface area contributed by atoms with Crippen LogP contribution in [0.4, 0.5) is 0 Å². The molecule has 3 heteroatoms. The van der Waals surface area contributed by atoms with Crippen molar-refractivity contribution in [1.82, 2.24) is 10.2 Å². The molecule has 0 spiro atoms. The van der Waals surface area contributed by atoms with Crippen LogP contribution in [0, 0.1) is 5.41 Å². The second-order valence-corrected chi connectivity index (χ2v) is 6.66. The first-order valence-corrected chi connectivity index (χ1v) is 6.92. The summed E-state index contributed by atoms with van der Waals surface area (Å²) in [5, 5.41) is 3.35. The third-order valence-electron chi connectivity index (χ3n) is 3.47. The zero-order valence-electron chi connectivity index (χ0n) is 12.4. The third-order valence-corrected chi connectivity index (χ3v) is 3.47. The molecule has 1 unspecified atom stereocenters. The van der Waals surface area contributed by atoms with Crippen molar-refractivity contribution in [3.63, 3.8) is 0 Å². The van der Waals surface area contributed by atoms with Gasteiger partial charge in [0.25, 0.3) is 0 Å². The van der Waals surface area contributed by atoms with E-state index < -0.39 is 0 Å². The van der Waals surface area contributed by atoms with Crippen LogP contribution >= 0.6 is 0 Å². The van der Waals surface area contributed by atoms with Crippen molar-refractivity contribution >= 4 is 5.91 Å². The number of hydrogen-bond donors (Lipinski definition) is 1. The van der Waals surface area contributed by atoms with E-state index in [0.717, 1.165) is 19.5 Å². The zero-order valence-corrected chi connectivity index (χ0v) is 12.4. The molecule has 1 N–H and O–H groups in total. The molecule has 0 saturated heterocycles. The summed E-state index contributed by atoms with van der Waals surface area (Å²) in [7, 11) is 1.90. The SMILES string of the molecule is CN(CC(C)(C)C)C(=O)C1Cc2ccccc2CN1. The smallest absolute Gasteiger partial charge is 0.239 e. The van der Waals surface area contributed by atoms with Gasteiger partial charge in [-0.2, -0.15) is 0 Å². The molecule has 1 aliphatic heterocycles. The number of hydrogen-bond acceptors (Lipinski definition) is 2. The Morgan fingerprint density at radius 1 is 1.32 bits per heavy atom. The Bertz CT molecular complexity index is 462. The average Bonchev–Trinajstić information content (AvgIpc) is 2.35. The van der Waals surface area contributed by atoms with Crippen molar-refractivity contribution in [3.05, 3.63) is 35.4 Å². The van der Waals surface area contributed by atoms with E-state index in [1.165, 1.54) is 11.1 Å². The van der Waals surface area contributed by atoms with Gasteiger partial charge in [0.15, 0.2) is 0 Å². The summed E-state index contributed by atoms with van der Waals surface area (Å²) in [5.41, 5.74) is 2.74. The van der Waals surface area contributed by atoms with Crippen molar-refractivity contribution < 1.29 is 4.79 Å². The van der Waals surface area contributed by atoms with Gasteiger partial charge in [0.1, 0.15) is 0 Å². The summed E-state index contributed by atoms with van der Waals surface area (Å²) in [6.45, 7) is 8.03. The number of nitrogens with one attached hydrogen (secondary N) is 1. The van der Waals surface area contributed by atoms with Crippen LogP contribution in [0.5, 0.6) is 0 Å². The second kappa shape index (κ2) is 5.33. The number of amides is 1. The summed E-state index contributed by atoms with van der Waals surface area (Å²) < 4.78 is 0. The van der Waals surface area contributed by atoms with Crippen LogP contribution in [0.25, 0.3) is 0 Å². The molecule has 0 bridgehead atoms. The largest absolute Gasteiger partial charge is 0.344 e. The average molecular weight is 260 g/mol. The zero-order chi connectivity index (χ0) is 14.0. The molecule has 1 amide bonds. The first-order valence-electron chi connectivity index (χ1n) is 6.92. The number of likely N-dealkylation sites (N-methyl/N-ethyl adjacent to an activating group) is 1. The van der Waals surface area contributed by atoms with Crippen LogP contribution in [0.1, 0.15) is 31.9 Å². The number of rotatable bonds is 2. The molecule has 19 heavy (non-hydrogen) atoms. The topological polar surface area (TPSA) is 32.3 Å². The minimum Gasteiger partial charge on any atom is -0.344 e. The number of benzene rings is 1. The van der Waals surface area contributed by atoms with Gasteiger partial charge in [-0.15, -0.1) is 0 Å². The fourth-order valence-corrected chi connectivity index (χ4v) is 2.68. The van der Waals surface area contributed by atoms with Gasteiger partial charge in [0.2, 0.25) is 5.91 Å². The maximum Gasteiger partial charge on any atom is 0.239 e. The molecule has 0 aliphatic carbocycles. The van der Waals surface area contributed by atoms with Crippen molar-refractivity contribution in [1.29, 1.82) is 0 Å². The van der Waals surface area contributed by atoms with Crippen LogP contribution in [0.3, 0.4) is 0 Å². The first kappa shape index (κ1) is 14.1. The van der Waals surface area contributed by atoms with Crippen molar-refractivity contribution in [2.75, 3.05) is 13.6 Å². The quantitative estimate of drug-likeness (QED) is 0.884. The van der Waals surface area contributed by atoms with Gasteiger partial charge in [0.05, 0.1) is 6.04 Å². The van der Waals surface area contributed by atoms with Gasteiger partial charge in [-0.3, -0.25) is 4.79 Å². The van der Waals surface area contributed by atoms with Crippen molar-refractivity contribution in [2.45, 2.75) is 39.8 Å². The molecule has 1 heterocycles. The standard InChI is InChI=1S/C16H24N2O/c1-16(2,3)11-18(4)15(19)14-9-12-7-5-6-8-13(12)10-17-14/h5-8,14,17H,9-11H2,1-4H3. The van der Waals surface area contributed by atoms with Crippen LogP contribution in [-0.4, -0.2) is 30.4 Å². The molecule has 0 fully saturated rings. The third kappa shape index (κ3) is 3.57. The lowest BCUT2D eigenvalue weighted by molar-refractivity contribution is -0.133. The molecule has 1 aromatic carbocycles. The number of carbonyl (C=O) groups is 1. The molecule has 3 nitrogen and oxygen atoms in total. The number of fused-ring (bicyclic) bond motifs is 1. The predicted molar refractivity (Wildman–Crippen MR) is 77.9 cm³/mol.